The molecular weight excluding hydrogens is 424 g/mol. The number of esters is 1. The molecule has 0 amide bonds. The molecule has 1 aliphatic rings. The van der Waals surface area contributed by atoms with Gasteiger partial charge >= 0.3 is 5.97 Å². The summed E-state index contributed by atoms with van der Waals surface area (Å²) in [5.74, 6) is -0.422. The summed E-state index contributed by atoms with van der Waals surface area (Å²) in [5, 5.41) is 11.1. The molecule has 0 saturated heterocycles. The maximum Gasteiger partial charge on any atom is 0.343 e. The van der Waals surface area contributed by atoms with E-state index in [2.05, 4.69) is 0 Å². The summed E-state index contributed by atoms with van der Waals surface area (Å²) in [6, 6.07) is 16.9. The Morgan fingerprint density at radius 2 is 1.82 bits per heavy atom. The van der Waals surface area contributed by atoms with E-state index >= 15 is 0 Å². The van der Waals surface area contributed by atoms with Crippen molar-refractivity contribution in [3.8, 4) is 11.3 Å². The number of rotatable bonds is 5. The molecule has 2 aromatic carbocycles. The van der Waals surface area contributed by atoms with Gasteiger partial charge in [-0.2, -0.15) is 0 Å². The zero-order chi connectivity index (χ0) is 23.7. The Hall–Kier alpha value is -4.46. The summed E-state index contributed by atoms with van der Waals surface area (Å²) < 4.78 is 10.7. The Bertz CT molecular complexity index is 1330. The van der Waals surface area contributed by atoms with Crippen LogP contribution >= 0.6 is 0 Å². The number of ether oxygens (including phenoxy) is 1. The van der Waals surface area contributed by atoms with Crippen LogP contribution in [0.5, 0.6) is 0 Å². The number of methoxy groups -OCH3 is 1. The van der Waals surface area contributed by atoms with Crippen LogP contribution in [0.2, 0.25) is 0 Å². The second kappa shape index (κ2) is 8.58. The molecule has 0 bridgehead atoms. The van der Waals surface area contributed by atoms with Crippen molar-refractivity contribution < 1.29 is 23.7 Å². The van der Waals surface area contributed by atoms with Crippen molar-refractivity contribution in [3.05, 3.63) is 99.1 Å². The van der Waals surface area contributed by atoms with Crippen molar-refractivity contribution in [1.82, 2.24) is 0 Å². The van der Waals surface area contributed by atoms with Crippen LogP contribution in [-0.2, 0) is 14.3 Å². The first-order valence-electron chi connectivity index (χ1n) is 10.1. The highest BCUT2D eigenvalue weighted by Crippen LogP contribution is 2.36. The molecule has 0 radical (unpaired) electrons. The number of nitro groups is 1. The number of non-ortho nitro benzene ring substituents is 1. The van der Waals surface area contributed by atoms with Gasteiger partial charge in [-0.3, -0.25) is 14.9 Å². The lowest BCUT2D eigenvalue weighted by molar-refractivity contribution is -0.384. The highest BCUT2D eigenvalue weighted by atomic mass is 16.6. The van der Waals surface area contributed by atoms with Gasteiger partial charge in [0.05, 0.1) is 17.7 Å². The zero-order valence-corrected chi connectivity index (χ0v) is 18.2. The summed E-state index contributed by atoms with van der Waals surface area (Å²) in [6.07, 6.45) is 1.54. The minimum absolute atomic E-state index is 0.0465. The number of hydrogen-bond acceptors (Lipinski definition) is 7. The van der Waals surface area contributed by atoms with Gasteiger partial charge in [0.1, 0.15) is 17.1 Å². The molecule has 0 N–H and O–H groups in total. The van der Waals surface area contributed by atoms with Gasteiger partial charge < -0.3 is 14.1 Å². The highest BCUT2D eigenvalue weighted by molar-refractivity contribution is 6.30. The Morgan fingerprint density at radius 1 is 1.09 bits per heavy atom. The van der Waals surface area contributed by atoms with Crippen molar-refractivity contribution in [2.45, 2.75) is 13.8 Å². The number of nitrogens with zero attached hydrogens (tertiary/aromatic N) is 2. The van der Waals surface area contributed by atoms with E-state index in [-0.39, 0.29) is 17.0 Å². The van der Waals surface area contributed by atoms with Crippen LogP contribution < -0.4 is 4.90 Å². The molecule has 0 unspecified atom stereocenters. The van der Waals surface area contributed by atoms with Gasteiger partial charge in [-0.05, 0) is 38.1 Å². The first-order chi connectivity index (χ1) is 15.8. The fraction of sp³-hybridized carbons (Fsp3) is 0.120. The van der Waals surface area contributed by atoms with Crippen molar-refractivity contribution >= 4 is 29.2 Å². The molecular formula is C25H20N2O6. The van der Waals surface area contributed by atoms with Crippen LogP contribution in [0.1, 0.15) is 18.2 Å². The van der Waals surface area contributed by atoms with Crippen LogP contribution in [0, 0.1) is 17.0 Å². The summed E-state index contributed by atoms with van der Waals surface area (Å²) in [6.45, 7) is 3.64. The van der Waals surface area contributed by atoms with E-state index in [9.17, 15) is 19.7 Å². The summed E-state index contributed by atoms with van der Waals surface area (Å²) >= 11 is 0. The third-order valence-corrected chi connectivity index (χ3v) is 5.33. The van der Waals surface area contributed by atoms with Crippen molar-refractivity contribution in [2.75, 3.05) is 12.0 Å². The molecule has 0 spiro atoms. The first kappa shape index (κ1) is 21.8. The average molecular weight is 444 g/mol. The Balaban J connectivity index is 1.77. The standard InChI is InChI=1S/C25H20N2O6/c1-15-7-9-18(10-8-15)26-16(2)23(25(29)32-3)24(28)21(26)14-20-11-12-22(33-20)17-5-4-6-19(13-17)27(30)31/h4-14H,1-3H3/b21-14+. The SMILES string of the molecule is COC(=O)C1=C(C)N(c2ccc(C)cc2)/C(=C/c2ccc(-c3cccc([N+](=O)[O-])c3)o2)C1=O. The number of furan rings is 1. The fourth-order valence-electron chi connectivity index (χ4n) is 3.68. The van der Waals surface area contributed by atoms with Gasteiger partial charge in [0.15, 0.2) is 0 Å². The van der Waals surface area contributed by atoms with E-state index < -0.39 is 16.7 Å². The Kier molecular flexibility index (Phi) is 5.66. The molecule has 0 atom stereocenters. The molecule has 0 fully saturated rings. The maximum atomic E-state index is 13.2. The molecule has 0 aliphatic carbocycles. The van der Waals surface area contributed by atoms with E-state index in [0.717, 1.165) is 5.56 Å². The van der Waals surface area contributed by atoms with Crippen LogP contribution in [0.3, 0.4) is 0 Å². The maximum absolute atomic E-state index is 13.2. The van der Waals surface area contributed by atoms with Gasteiger partial charge in [0.2, 0.25) is 5.78 Å². The van der Waals surface area contributed by atoms with E-state index in [1.807, 2.05) is 31.2 Å². The number of Topliss-reactive ketones (excluding diaryl/α,β-unsaturated/α-hetero) is 1. The van der Waals surface area contributed by atoms with E-state index in [0.29, 0.717) is 28.5 Å². The predicted octanol–water partition coefficient (Wildman–Crippen LogP) is 5.04. The highest BCUT2D eigenvalue weighted by Gasteiger charge is 2.38. The molecule has 8 nitrogen and oxygen atoms in total. The smallest absolute Gasteiger partial charge is 0.343 e. The average Bonchev–Trinajstić information content (AvgIpc) is 3.37. The second-order valence-corrected chi connectivity index (χ2v) is 7.49. The molecule has 33 heavy (non-hydrogen) atoms. The van der Waals surface area contributed by atoms with Gasteiger partial charge in [-0.1, -0.05) is 29.8 Å². The van der Waals surface area contributed by atoms with Crippen molar-refractivity contribution in [2.24, 2.45) is 0 Å². The topological polar surface area (TPSA) is 103 Å². The summed E-state index contributed by atoms with van der Waals surface area (Å²) in [5.41, 5.74) is 2.88. The van der Waals surface area contributed by atoms with E-state index in [1.54, 1.807) is 42.2 Å². The summed E-state index contributed by atoms with van der Waals surface area (Å²) in [4.78, 5) is 37.8. The van der Waals surface area contributed by atoms with Crippen LogP contribution in [0.25, 0.3) is 17.4 Å². The molecule has 8 heteroatoms. The van der Waals surface area contributed by atoms with Crippen molar-refractivity contribution in [3.63, 3.8) is 0 Å². The number of carbonyl (C=O) groups excluding carboxylic acids is 2. The first-order valence-corrected chi connectivity index (χ1v) is 10.1. The lowest BCUT2D eigenvalue weighted by atomic mass is 10.1. The van der Waals surface area contributed by atoms with Crippen LogP contribution in [0.15, 0.2) is 82.0 Å². The number of ketones is 1. The molecule has 1 aromatic heterocycles. The van der Waals surface area contributed by atoms with Gasteiger partial charge in [0.25, 0.3) is 5.69 Å². The van der Waals surface area contributed by atoms with Gasteiger partial charge in [-0.25, -0.2) is 4.79 Å². The Labute approximate surface area is 189 Å². The van der Waals surface area contributed by atoms with Crippen LogP contribution in [0.4, 0.5) is 11.4 Å². The van der Waals surface area contributed by atoms with Gasteiger partial charge in [0, 0.05) is 35.2 Å². The van der Waals surface area contributed by atoms with E-state index in [4.69, 9.17) is 9.15 Å². The normalized spacial score (nSPS) is 14.8. The summed E-state index contributed by atoms with van der Waals surface area (Å²) in [7, 11) is 1.23. The fourth-order valence-corrected chi connectivity index (χ4v) is 3.68. The Morgan fingerprint density at radius 3 is 2.48 bits per heavy atom. The number of benzene rings is 2. The van der Waals surface area contributed by atoms with E-state index in [1.165, 1.54) is 19.2 Å². The lowest BCUT2D eigenvalue weighted by Crippen LogP contribution is -2.18. The zero-order valence-electron chi connectivity index (χ0n) is 18.2. The molecule has 3 aromatic rings. The van der Waals surface area contributed by atoms with Gasteiger partial charge in [-0.15, -0.1) is 0 Å². The molecule has 166 valence electrons. The second-order valence-electron chi connectivity index (χ2n) is 7.49. The molecule has 4 rings (SSSR count). The monoisotopic (exact) mass is 444 g/mol. The predicted molar refractivity (Wildman–Crippen MR) is 122 cm³/mol. The number of carbonyl (C=O) groups is 2. The minimum Gasteiger partial charge on any atom is -0.465 e. The third-order valence-electron chi connectivity index (χ3n) is 5.33. The largest absolute Gasteiger partial charge is 0.465 e. The molecule has 2 heterocycles. The number of hydrogen-bond donors (Lipinski definition) is 0. The minimum atomic E-state index is -0.713. The lowest BCUT2D eigenvalue weighted by Gasteiger charge is -2.21. The quantitative estimate of drug-likeness (QED) is 0.179. The number of aryl methyl sites for hydroxylation is 1. The number of allylic oxidation sites excluding steroid dienone is 2. The third kappa shape index (κ3) is 4.06. The van der Waals surface area contributed by atoms with Crippen LogP contribution in [-0.4, -0.2) is 23.8 Å². The number of nitro benzene ring substituents is 1. The molecule has 0 saturated carbocycles. The number of anilines is 1. The van der Waals surface area contributed by atoms with Crippen molar-refractivity contribution in [1.29, 1.82) is 0 Å². The molecule has 1 aliphatic heterocycles.